The van der Waals surface area contributed by atoms with Gasteiger partial charge in [0, 0.05) is 17.6 Å². The van der Waals surface area contributed by atoms with E-state index in [9.17, 15) is 9.90 Å². The maximum Gasteiger partial charge on any atom is 0.245 e. The predicted octanol–water partition coefficient (Wildman–Crippen LogP) is 4.42. The number of nitrogens with one attached hydrogen (secondary N) is 2. The minimum Gasteiger partial charge on any atom is -0.506 e. The fourth-order valence-corrected chi connectivity index (χ4v) is 3.03. The molecule has 0 spiro atoms. The third kappa shape index (κ3) is 5.15. The summed E-state index contributed by atoms with van der Waals surface area (Å²) in [5.74, 6) is 0.0749. The summed E-state index contributed by atoms with van der Waals surface area (Å²) in [4.78, 5) is 16.8. The van der Waals surface area contributed by atoms with E-state index in [2.05, 4.69) is 15.6 Å². The van der Waals surface area contributed by atoms with E-state index in [1.165, 1.54) is 0 Å². The van der Waals surface area contributed by atoms with Gasteiger partial charge in [-0.3, -0.25) is 10.1 Å². The number of halogens is 2. The monoisotopic (exact) mass is 429 g/mol. The van der Waals surface area contributed by atoms with Gasteiger partial charge in [0.15, 0.2) is 0 Å². The number of hydrogen-bond donors (Lipinski definition) is 3. The predicted molar refractivity (Wildman–Crippen MR) is 123 cm³/mol. The highest BCUT2D eigenvalue weighted by atomic mass is 35.5. The molecule has 0 bridgehead atoms. The SMILES string of the molecule is Cl.Cl.O=C(Nc1ccccc1C=Cc1ccc2cccc(O)c2n1)C1C=CCN1. The van der Waals surface area contributed by atoms with Crippen LogP contribution < -0.4 is 10.6 Å². The molecule has 3 N–H and O–H groups in total. The second-order valence-corrected chi connectivity index (χ2v) is 6.31. The highest BCUT2D eigenvalue weighted by Gasteiger charge is 2.17. The van der Waals surface area contributed by atoms with E-state index in [1.54, 1.807) is 12.1 Å². The molecule has 29 heavy (non-hydrogen) atoms. The van der Waals surface area contributed by atoms with Gasteiger partial charge in [-0.05, 0) is 29.8 Å². The van der Waals surface area contributed by atoms with Crippen molar-refractivity contribution in [1.82, 2.24) is 10.3 Å². The molecule has 1 aliphatic heterocycles. The second kappa shape index (κ2) is 10.1. The molecule has 0 saturated carbocycles. The van der Waals surface area contributed by atoms with Crippen LogP contribution in [0.5, 0.6) is 5.75 Å². The molecule has 1 unspecified atom stereocenters. The van der Waals surface area contributed by atoms with Crippen molar-refractivity contribution < 1.29 is 9.90 Å². The molecule has 5 nitrogen and oxygen atoms in total. The van der Waals surface area contributed by atoms with Crippen molar-refractivity contribution in [2.24, 2.45) is 0 Å². The van der Waals surface area contributed by atoms with Crippen molar-refractivity contribution in [3.63, 3.8) is 0 Å². The molecule has 7 heteroatoms. The average molecular weight is 430 g/mol. The lowest BCUT2D eigenvalue weighted by Crippen LogP contribution is -2.35. The highest BCUT2D eigenvalue weighted by molar-refractivity contribution is 5.98. The van der Waals surface area contributed by atoms with Gasteiger partial charge in [-0.15, -0.1) is 24.8 Å². The van der Waals surface area contributed by atoms with Crippen LogP contribution in [0.1, 0.15) is 11.3 Å². The van der Waals surface area contributed by atoms with E-state index in [1.807, 2.05) is 66.8 Å². The van der Waals surface area contributed by atoms with Gasteiger partial charge in [0.1, 0.15) is 17.3 Å². The zero-order chi connectivity index (χ0) is 18.6. The molecule has 1 amide bonds. The molecular weight excluding hydrogens is 409 g/mol. The molecule has 0 radical (unpaired) electrons. The Morgan fingerprint density at radius 1 is 1.07 bits per heavy atom. The fraction of sp³-hybridized carbons (Fsp3) is 0.0909. The smallest absolute Gasteiger partial charge is 0.245 e. The number of hydrogen-bond acceptors (Lipinski definition) is 4. The Hall–Kier alpha value is -2.86. The molecule has 2 heterocycles. The number of aromatic hydroxyl groups is 1. The van der Waals surface area contributed by atoms with Crippen molar-refractivity contribution in [2.45, 2.75) is 6.04 Å². The average Bonchev–Trinajstić information content (AvgIpc) is 3.23. The van der Waals surface area contributed by atoms with Crippen LogP contribution in [0.2, 0.25) is 0 Å². The highest BCUT2D eigenvalue weighted by Crippen LogP contribution is 2.24. The number of carbonyl (C=O) groups is 1. The number of nitrogens with zero attached hydrogens (tertiary/aromatic N) is 1. The number of anilines is 1. The minimum atomic E-state index is -0.299. The molecule has 3 aromatic rings. The van der Waals surface area contributed by atoms with E-state index in [4.69, 9.17) is 0 Å². The first-order valence-corrected chi connectivity index (χ1v) is 8.77. The van der Waals surface area contributed by atoms with Crippen molar-refractivity contribution in [1.29, 1.82) is 0 Å². The number of phenols is 1. The molecule has 4 rings (SSSR count). The van der Waals surface area contributed by atoms with Gasteiger partial charge in [-0.2, -0.15) is 0 Å². The van der Waals surface area contributed by atoms with Crippen LogP contribution in [-0.4, -0.2) is 28.6 Å². The van der Waals surface area contributed by atoms with E-state index < -0.39 is 0 Å². The lowest BCUT2D eigenvalue weighted by atomic mass is 10.1. The Morgan fingerprint density at radius 2 is 1.90 bits per heavy atom. The van der Waals surface area contributed by atoms with E-state index in [0.717, 1.165) is 22.3 Å². The van der Waals surface area contributed by atoms with Crippen LogP contribution in [-0.2, 0) is 4.79 Å². The summed E-state index contributed by atoms with van der Waals surface area (Å²) in [6.45, 7) is 0.708. The second-order valence-electron chi connectivity index (χ2n) is 6.31. The molecule has 0 aliphatic carbocycles. The first kappa shape index (κ1) is 22.4. The van der Waals surface area contributed by atoms with Crippen molar-refractivity contribution in [3.05, 3.63) is 78.0 Å². The van der Waals surface area contributed by atoms with Crippen LogP contribution in [0.3, 0.4) is 0 Å². The lowest BCUT2D eigenvalue weighted by molar-refractivity contribution is -0.116. The van der Waals surface area contributed by atoms with Crippen LogP contribution in [0.15, 0.2) is 66.7 Å². The number of amides is 1. The number of phenolic OH excluding ortho intramolecular Hbond substituents is 1. The van der Waals surface area contributed by atoms with Crippen LogP contribution in [0.4, 0.5) is 5.69 Å². The van der Waals surface area contributed by atoms with Crippen LogP contribution in [0, 0.1) is 0 Å². The van der Waals surface area contributed by atoms with Crippen molar-refractivity contribution >= 4 is 59.5 Å². The molecule has 150 valence electrons. The Labute approximate surface area is 181 Å². The van der Waals surface area contributed by atoms with Crippen molar-refractivity contribution in [2.75, 3.05) is 11.9 Å². The number of rotatable bonds is 4. The number of para-hydroxylation sites is 2. The van der Waals surface area contributed by atoms with Gasteiger partial charge in [-0.1, -0.05) is 54.6 Å². The van der Waals surface area contributed by atoms with Gasteiger partial charge in [0.25, 0.3) is 0 Å². The molecule has 2 aromatic carbocycles. The van der Waals surface area contributed by atoms with Gasteiger partial charge >= 0.3 is 0 Å². The first-order valence-electron chi connectivity index (χ1n) is 8.77. The Bertz CT molecular complexity index is 1070. The zero-order valence-corrected chi connectivity index (χ0v) is 17.0. The summed E-state index contributed by atoms with van der Waals surface area (Å²) < 4.78 is 0. The van der Waals surface area contributed by atoms with Gasteiger partial charge in [-0.25, -0.2) is 4.98 Å². The van der Waals surface area contributed by atoms with Crippen molar-refractivity contribution in [3.8, 4) is 5.75 Å². The van der Waals surface area contributed by atoms with Crippen LogP contribution in [0.25, 0.3) is 23.1 Å². The number of benzene rings is 2. The zero-order valence-electron chi connectivity index (χ0n) is 15.4. The summed E-state index contributed by atoms with van der Waals surface area (Å²) in [7, 11) is 0. The molecule has 0 saturated heterocycles. The van der Waals surface area contributed by atoms with Gasteiger partial charge in [0.2, 0.25) is 5.91 Å². The standard InChI is InChI=1S/C22H19N3O2.2ClH/c26-20-9-3-6-16-11-13-17(24-21(16)20)12-10-15-5-1-2-7-18(15)25-22(27)19-8-4-14-23-19;;/h1-13,19,23,26H,14H2,(H,25,27);2*1H. The Kier molecular flexibility index (Phi) is 7.79. The third-order valence-corrected chi connectivity index (χ3v) is 4.44. The maximum absolute atomic E-state index is 12.3. The molecule has 1 aliphatic rings. The topological polar surface area (TPSA) is 74.2 Å². The number of pyridine rings is 1. The quantitative estimate of drug-likeness (QED) is 0.536. The normalized spacial score (nSPS) is 15.1. The van der Waals surface area contributed by atoms with E-state index >= 15 is 0 Å². The lowest BCUT2D eigenvalue weighted by Gasteiger charge is -2.12. The van der Waals surface area contributed by atoms with Gasteiger partial charge in [0.05, 0.1) is 5.69 Å². The molecule has 1 aromatic heterocycles. The summed E-state index contributed by atoms with van der Waals surface area (Å²) in [5.41, 5.74) is 2.92. The van der Waals surface area contributed by atoms with E-state index in [-0.39, 0.29) is 42.5 Å². The summed E-state index contributed by atoms with van der Waals surface area (Å²) >= 11 is 0. The van der Waals surface area contributed by atoms with Crippen LogP contribution >= 0.6 is 24.8 Å². The minimum absolute atomic E-state index is 0. The Morgan fingerprint density at radius 3 is 2.69 bits per heavy atom. The maximum atomic E-state index is 12.3. The first-order chi connectivity index (χ1) is 13.2. The number of fused-ring (bicyclic) bond motifs is 1. The number of aromatic nitrogens is 1. The molecule has 0 fully saturated rings. The number of carbonyl (C=O) groups excluding carboxylic acids is 1. The Balaban J connectivity index is 0.00000150. The summed E-state index contributed by atoms with van der Waals surface area (Å²) in [6.07, 6.45) is 7.57. The molecule has 1 atom stereocenters. The fourth-order valence-electron chi connectivity index (χ4n) is 3.03. The summed E-state index contributed by atoms with van der Waals surface area (Å²) in [5, 5.41) is 16.9. The van der Waals surface area contributed by atoms with Gasteiger partial charge < -0.3 is 10.4 Å². The summed E-state index contributed by atoms with van der Waals surface area (Å²) in [6, 6.07) is 16.5. The largest absolute Gasteiger partial charge is 0.506 e. The molecular formula is C22H21Cl2N3O2. The van der Waals surface area contributed by atoms with E-state index in [0.29, 0.717) is 12.1 Å². The third-order valence-electron chi connectivity index (χ3n) is 4.44.